The topological polar surface area (TPSA) is 53.0 Å². The number of aliphatic hydroxyl groups excluding tert-OH is 1. The zero-order chi connectivity index (χ0) is 22.2. The molecule has 0 aromatic heterocycles. The van der Waals surface area contributed by atoms with Crippen LogP contribution in [0.5, 0.6) is 5.75 Å². The number of halogens is 1. The predicted molar refractivity (Wildman–Crippen MR) is 126 cm³/mol. The van der Waals surface area contributed by atoms with Crippen molar-refractivity contribution in [1.82, 2.24) is 4.90 Å². The first kappa shape index (κ1) is 21.0. The highest BCUT2D eigenvalue weighted by Gasteiger charge is 2.53. The van der Waals surface area contributed by atoms with E-state index in [9.17, 15) is 9.90 Å². The first-order valence-corrected chi connectivity index (χ1v) is 11.1. The number of likely N-dealkylation sites (tertiary alicyclic amines) is 1. The molecule has 2 heterocycles. The van der Waals surface area contributed by atoms with Gasteiger partial charge >= 0.3 is 0 Å². The first-order valence-electron chi connectivity index (χ1n) is 10.8. The summed E-state index contributed by atoms with van der Waals surface area (Å²) in [5.41, 5.74) is 3.82. The van der Waals surface area contributed by atoms with Gasteiger partial charge in [-0.2, -0.15) is 0 Å². The Labute approximate surface area is 192 Å². The Bertz CT molecular complexity index is 1120. The van der Waals surface area contributed by atoms with Gasteiger partial charge in [0.1, 0.15) is 5.75 Å². The van der Waals surface area contributed by atoms with E-state index in [1.54, 1.807) is 19.2 Å². The van der Waals surface area contributed by atoms with Gasteiger partial charge in [-0.3, -0.25) is 9.69 Å². The maximum atomic E-state index is 13.5. The Morgan fingerprint density at radius 1 is 1.06 bits per heavy atom. The van der Waals surface area contributed by atoms with E-state index < -0.39 is 0 Å². The van der Waals surface area contributed by atoms with Crippen LogP contribution in [0.2, 0.25) is 5.02 Å². The number of carbonyl (C=O) groups is 1. The van der Waals surface area contributed by atoms with Crippen LogP contribution in [0.1, 0.15) is 27.4 Å². The van der Waals surface area contributed by atoms with E-state index in [0.717, 1.165) is 22.6 Å². The van der Waals surface area contributed by atoms with Gasteiger partial charge in [0.2, 0.25) is 0 Å². The fraction of sp³-hybridized carbons (Fsp3) is 0.269. The van der Waals surface area contributed by atoms with Crippen LogP contribution in [0.3, 0.4) is 0 Å². The average molecular weight is 449 g/mol. The molecule has 0 saturated carbocycles. The van der Waals surface area contributed by atoms with E-state index in [4.69, 9.17) is 16.3 Å². The lowest BCUT2D eigenvalue weighted by Gasteiger charge is -2.59. The van der Waals surface area contributed by atoms with Crippen LogP contribution in [0.4, 0.5) is 5.69 Å². The minimum Gasteiger partial charge on any atom is -0.497 e. The summed E-state index contributed by atoms with van der Waals surface area (Å²) in [6.07, 6.45) is 0. The number of para-hydroxylation sites is 1. The van der Waals surface area contributed by atoms with Gasteiger partial charge < -0.3 is 14.7 Å². The van der Waals surface area contributed by atoms with Gasteiger partial charge in [-0.25, -0.2) is 0 Å². The van der Waals surface area contributed by atoms with Crippen molar-refractivity contribution in [3.8, 4) is 5.75 Å². The summed E-state index contributed by atoms with van der Waals surface area (Å²) >= 11 is 6.04. The second-order valence-electron chi connectivity index (χ2n) is 8.34. The number of carbonyl (C=O) groups excluding carboxylic acids is 1. The maximum absolute atomic E-state index is 13.5. The summed E-state index contributed by atoms with van der Waals surface area (Å²) in [6.45, 7) is 1.36. The lowest BCUT2D eigenvalue weighted by molar-refractivity contribution is -0.0488. The fourth-order valence-electron chi connectivity index (χ4n) is 5.08. The smallest absolute Gasteiger partial charge is 0.258 e. The molecular weight excluding hydrogens is 424 g/mol. The molecule has 1 fully saturated rings. The highest BCUT2D eigenvalue weighted by Crippen LogP contribution is 2.49. The van der Waals surface area contributed by atoms with Gasteiger partial charge in [0.25, 0.3) is 5.91 Å². The molecule has 3 aromatic rings. The molecule has 0 aliphatic carbocycles. The SMILES string of the molecule is COc1ccc(C(=O)N2C[C@H]3[C@@H](c4ccccc42)[C@H](CO)N3Cc2ccc(Cl)cc2)cc1. The molecule has 6 heteroatoms. The second kappa shape index (κ2) is 8.58. The van der Waals surface area contributed by atoms with E-state index in [-0.39, 0.29) is 30.5 Å². The van der Waals surface area contributed by atoms with Crippen molar-refractivity contribution in [3.05, 3.63) is 94.5 Å². The summed E-state index contributed by atoms with van der Waals surface area (Å²) in [5, 5.41) is 10.9. The van der Waals surface area contributed by atoms with Gasteiger partial charge in [0.05, 0.1) is 13.7 Å². The molecule has 1 amide bonds. The zero-order valence-corrected chi connectivity index (χ0v) is 18.6. The fourth-order valence-corrected chi connectivity index (χ4v) is 5.21. The normalized spacial score (nSPS) is 22.0. The summed E-state index contributed by atoms with van der Waals surface area (Å²) < 4.78 is 5.23. The molecule has 0 spiro atoms. The lowest BCUT2D eigenvalue weighted by Crippen LogP contribution is -2.68. The Hall–Kier alpha value is -2.86. The molecule has 2 aliphatic rings. The van der Waals surface area contributed by atoms with E-state index in [1.807, 2.05) is 59.5 Å². The average Bonchev–Trinajstić information content (AvgIpc) is 2.83. The summed E-state index contributed by atoms with van der Waals surface area (Å²) in [6, 6.07) is 23.3. The van der Waals surface area contributed by atoms with E-state index >= 15 is 0 Å². The Balaban J connectivity index is 1.46. The van der Waals surface area contributed by atoms with Gasteiger partial charge in [-0.05, 0) is 53.6 Å². The van der Waals surface area contributed by atoms with Crippen LogP contribution in [0.25, 0.3) is 0 Å². The van der Waals surface area contributed by atoms with Crippen LogP contribution in [-0.2, 0) is 6.54 Å². The number of methoxy groups -OCH3 is 1. The number of benzene rings is 3. The number of hydrogen-bond donors (Lipinski definition) is 1. The third kappa shape index (κ3) is 3.56. The Morgan fingerprint density at radius 2 is 1.78 bits per heavy atom. The monoisotopic (exact) mass is 448 g/mol. The maximum Gasteiger partial charge on any atom is 0.258 e. The van der Waals surface area contributed by atoms with E-state index in [0.29, 0.717) is 23.7 Å². The second-order valence-corrected chi connectivity index (χ2v) is 8.78. The van der Waals surface area contributed by atoms with Gasteiger partial charge in [0, 0.05) is 47.4 Å². The highest BCUT2D eigenvalue weighted by molar-refractivity contribution is 6.30. The van der Waals surface area contributed by atoms with Crippen molar-refractivity contribution < 1.29 is 14.6 Å². The standard InChI is InChI=1S/C26H25ClN2O3/c1-32-20-12-8-18(9-13-20)26(31)29-15-23-25(21-4-2-3-5-22(21)29)24(16-30)28(23)14-17-6-10-19(27)11-7-17/h2-13,23-25,30H,14-16H2,1H3/t23-,24-,25+/m0/s1. The van der Waals surface area contributed by atoms with Crippen LogP contribution in [0.15, 0.2) is 72.8 Å². The quantitative estimate of drug-likeness (QED) is 0.631. The molecule has 32 heavy (non-hydrogen) atoms. The van der Waals surface area contributed by atoms with Crippen LogP contribution in [0, 0.1) is 0 Å². The van der Waals surface area contributed by atoms with Crippen molar-refractivity contribution in [2.45, 2.75) is 24.5 Å². The molecule has 5 nitrogen and oxygen atoms in total. The predicted octanol–water partition coefficient (Wildman–Crippen LogP) is 4.34. The summed E-state index contributed by atoms with van der Waals surface area (Å²) in [5.74, 6) is 0.889. The first-order chi connectivity index (χ1) is 15.6. The molecule has 164 valence electrons. The van der Waals surface area contributed by atoms with Crippen LogP contribution >= 0.6 is 11.6 Å². The largest absolute Gasteiger partial charge is 0.497 e. The Kier molecular flexibility index (Phi) is 5.64. The number of amides is 1. The molecule has 0 radical (unpaired) electrons. The summed E-state index contributed by atoms with van der Waals surface area (Å²) in [4.78, 5) is 17.7. The molecule has 1 saturated heterocycles. The molecule has 1 N–H and O–H groups in total. The molecule has 0 bridgehead atoms. The molecule has 0 unspecified atom stereocenters. The number of fused-ring (bicyclic) bond motifs is 3. The van der Waals surface area contributed by atoms with Crippen molar-refractivity contribution in [2.75, 3.05) is 25.2 Å². The summed E-state index contributed by atoms with van der Waals surface area (Å²) in [7, 11) is 1.61. The van der Waals surface area contributed by atoms with E-state index in [1.165, 1.54) is 0 Å². The van der Waals surface area contributed by atoms with Crippen molar-refractivity contribution >= 4 is 23.2 Å². The molecular formula is C26H25ClN2O3. The van der Waals surface area contributed by atoms with Gasteiger partial charge in [0.15, 0.2) is 0 Å². The van der Waals surface area contributed by atoms with Crippen LogP contribution in [-0.4, -0.2) is 48.3 Å². The zero-order valence-electron chi connectivity index (χ0n) is 17.8. The number of anilines is 1. The number of rotatable bonds is 5. The van der Waals surface area contributed by atoms with E-state index in [2.05, 4.69) is 11.0 Å². The minimum absolute atomic E-state index is 0.0232. The minimum atomic E-state index is -0.0301. The number of hydrogen-bond acceptors (Lipinski definition) is 4. The van der Waals surface area contributed by atoms with Crippen molar-refractivity contribution in [2.24, 2.45) is 0 Å². The molecule has 2 aliphatic heterocycles. The molecule has 3 aromatic carbocycles. The third-order valence-corrected chi connectivity index (χ3v) is 6.94. The van der Waals surface area contributed by atoms with Gasteiger partial charge in [-0.1, -0.05) is 41.9 Å². The molecule has 5 rings (SSSR count). The van der Waals surface area contributed by atoms with Gasteiger partial charge in [-0.15, -0.1) is 0 Å². The van der Waals surface area contributed by atoms with Crippen molar-refractivity contribution in [1.29, 1.82) is 0 Å². The number of nitrogens with zero attached hydrogens (tertiary/aromatic N) is 2. The van der Waals surface area contributed by atoms with Crippen molar-refractivity contribution in [3.63, 3.8) is 0 Å². The molecule has 3 atom stereocenters. The third-order valence-electron chi connectivity index (χ3n) is 6.68. The lowest BCUT2D eigenvalue weighted by atomic mass is 9.71. The van der Waals surface area contributed by atoms with Crippen LogP contribution < -0.4 is 9.64 Å². The highest BCUT2D eigenvalue weighted by atomic mass is 35.5. The number of aliphatic hydroxyl groups is 1. The number of ether oxygens (including phenoxy) is 1. The Morgan fingerprint density at radius 3 is 2.47 bits per heavy atom.